The molecule has 72 valence electrons. The van der Waals surface area contributed by atoms with Crippen LogP contribution in [0.3, 0.4) is 0 Å². The van der Waals surface area contributed by atoms with Gasteiger partial charge in [-0.1, -0.05) is 0 Å². The van der Waals surface area contributed by atoms with Crippen molar-refractivity contribution in [3.05, 3.63) is 16.8 Å². The van der Waals surface area contributed by atoms with Gasteiger partial charge in [-0.2, -0.15) is 11.3 Å². The van der Waals surface area contributed by atoms with E-state index in [2.05, 4.69) is 10.6 Å². The summed E-state index contributed by atoms with van der Waals surface area (Å²) in [6, 6.07) is 1.71. The van der Waals surface area contributed by atoms with E-state index < -0.39 is 0 Å². The third kappa shape index (κ3) is 3.94. The van der Waals surface area contributed by atoms with E-state index in [9.17, 15) is 4.79 Å². The number of hydrogen-bond acceptors (Lipinski definition) is 2. The molecule has 1 rings (SSSR count). The van der Waals surface area contributed by atoms with E-state index in [-0.39, 0.29) is 11.6 Å². The van der Waals surface area contributed by atoms with Gasteiger partial charge in [0.25, 0.3) is 0 Å². The lowest BCUT2D eigenvalue weighted by atomic mass is 10.1. The second-order valence-corrected chi connectivity index (χ2v) is 4.62. The van der Waals surface area contributed by atoms with Crippen LogP contribution >= 0.6 is 11.3 Å². The summed E-state index contributed by atoms with van der Waals surface area (Å²) in [5.41, 5.74) is 0.645. The molecule has 2 amide bonds. The number of thiophene rings is 1. The Labute approximate surface area is 82.2 Å². The summed E-state index contributed by atoms with van der Waals surface area (Å²) in [6.07, 6.45) is 0. The highest BCUT2D eigenvalue weighted by Gasteiger charge is 2.13. The highest BCUT2D eigenvalue weighted by atomic mass is 32.1. The van der Waals surface area contributed by atoms with Crippen molar-refractivity contribution in [2.24, 2.45) is 0 Å². The minimum absolute atomic E-state index is 0.161. The van der Waals surface area contributed by atoms with Crippen molar-refractivity contribution in [3.63, 3.8) is 0 Å². The highest BCUT2D eigenvalue weighted by Crippen LogP contribution is 2.11. The number of hydrogen-bond donors (Lipinski definition) is 2. The van der Waals surface area contributed by atoms with Gasteiger partial charge in [-0.25, -0.2) is 4.79 Å². The Morgan fingerprint density at radius 1 is 1.46 bits per heavy atom. The van der Waals surface area contributed by atoms with Gasteiger partial charge in [0.1, 0.15) is 0 Å². The van der Waals surface area contributed by atoms with Crippen LogP contribution < -0.4 is 10.6 Å². The van der Waals surface area contributed by atoms with Gasteiger partial charge in [0.05, 0.1) is 5.69 Å². The van der Waals surface area contributed by atoms with E-state index >= 15 is 0 Å². The van der Waals surface area contributed by atoms with Crippen molar-refractivity contribution in [3.8, 4) is 0 Å². The Kier molecular flexibility index (Phi) is 2.93. The molecule has 0 aromatic carbocycles. The maximum Gasteiger partial charge on any atom is 0.319 e. The molecule has 0 aliphatic heterocycles. The van der Waals surface area contributed by atoms with E-state index in [0.717, 1.165) is 5.69 Å². The van der Waals surface area contributed by atoms with Crippen LogP contribution in [0.15, 0.2) is 16.8 Å². The number of anilines is 1. The first-order chi connectivity index (χ1) is 5.97. The second-order valence-electron chi connectivity index (χ2n) is 3.84. The molecule has 0 spiro atoms. The SMILES string of the molecule is CC(C)(C)NC(=O)Nc1ccsc1. The van der Waals surface area contributed by atoms with E-state index in [1.807, 2.05) is 37.6 Å². The Bertz CT molecular complexity index is 274. The lowest BCUT2D eigenvalue weighted by Gasteiger charge is -2.20. The average molecular weight is 198 g/mol. The fourth-order valence-corrected chi connectivity index (χ4v) is 1.43. The van der Waals surface area contributed by atoms with Crippen LogP contribution in [-0.4, -0.2) is 11.6 Å². The van der Waals surface area contributed by atoms with E-state index in [4.69, 9.17) is 0 Å². The molecule has 0 aliphatic carbocycles. The molecule has 1 aromatic heterocycles. The van der Waals surface area contributed by atoms with Gasteiger partial charge >= 0.3 is 6.03 Å². The van der Waals surface area contributed by atoms with Crippen molar-refractivity contribution in [2.75, 3.05) is 5.32 Å². The summed E-state index contributed by atoms with van der Waals surface area (Å²) in [6.45, 7) is 5.83. The largest absolute Gasteiger partial charge is 0.333 e. The maximum atomic E-state index is 11.3. The number of rotatable bonds is 1. The van der Waals surface area contributed by atoms with Crippen LogP contribution in [0, 0.1) is 0 Å². The van der Waals surface area contributed by atoms with E-state index in [1.54, 1.807) is 11.3 Å². The lowest BCUT2D eigenvalue weighted by molar-refractivity contribution is 0.244. The van der Waals surface area contributed by atoms with Crippen LogP contribution in [0.5, 0.6) is 0 Å². The molecule has 13 heavy (non-hydrogen) atoms. The fraction of sp³-hybridized carbons (Fsp3) is 0.444. The standard InChI is InChI=1S/C9H14N2OS/c1-9(2,3)11-8(12)10-7-4-5-13-6-7/h4-6H,1-3H3,(H2,10,11,12). The number of nitrogens with one attached hydrogen (secondary N) is 2. The molecule has 0 bridgehead atoms. The molecule has 0 fully saturated rings. The topological polar surface area (TPSA) is 41.1 Å². The van der Waals surface area contributed by atoms with Gasteiger partial charge in [0.15, 0.2) is 0 Å². The van der Waals surface area contributed by atoms with Gasteiger partial charge in [0, 0.05) is 10.9 Å². The van der Waals surface area contributed by atoms with Crippen LogP contribution in [0.2, 0.25) is 0 Å². The second kappa shape index (κ2) is 3.79. The Balaban J connectivity index is 2.43. The molecule has 1 heterocycles. The molecule has 1 aromatic rings. The predicted molar refractivity (Wildman–Crippen MR) is 56.2 cm³/mol. The first-order valence-corrected chi connectivity index (χ1v) is 5.03. The normalized spacial score (nSPS) is 11.0. The van der Waals surface area contributed by atoms with E-state index in [1.165, 1.54) is 0 Å². The summed E-state index contributed by atoms with van der Waals surface area (Å²) >= 11 is 1.56. The molecular formula is C9H14N2OS. The van der Waals surface area contributed by atoms with Crippen molar-refractivity contribution in [1.29, 1.82) is 0 Å². The zero-order valence-corrected chi connectivity index (χ0v) is 8.87. The number of urea groups is 1. The van der Waals surface area contributed by atoms with Gasteiger partial charge in [-0.15, -0.1) is 0 Å². The predicted octanol–water partition coefficient (Wildman–Crippen LogP) is 2.67. The van der Waals surface area contributed by atoms with Crippen molar-refractivity contribution >= 4 is 23.1 Å². The smallest absolute Gasteiger partial charge is 0.319 e. The van der Waals surface area contributed by atoms with Crippen LogP contribution in [0.1, 0.15) is 20.8 Å². The van der Waals surface area contributed by atoms with Crippen molar-refractivity contribution in [1.82, 2.24) is 5.32 Å². The summed E-state index contributed by atoms with van der Waals surface area (Å²) in [7, 11) is 0. The molecule has 2 N–H and O–H groups in total. The van der Waals surface area contributed by atoms with Gasteiger partial charge < -0.3 is 10.6 Å². The van der Waals surface area contributed by atoms with Crippen LogP contribution in [0.4, 0.5) is 10.5 Å². The van der Waals surface area contributed by atoms with Gasteiger partial charge in [-0.3, -0.25) is 0 Å². The quantitative estimate of drug-likeness (QED) is 0.715. The first-order valence-electron chi connectivity index (χ1n) is 4.09. The summed E-state index contributed by atoms with van der Waals surface area (Å²) in [4.78, 5) is 11.3. The van der Waals surface area contributed by atoms with Gasteiger partial charge in [-0.05, 0) is 32.2 Å². The number of carbonyl (C=O) groups is 1. The molecule has 0 aliphatic rings. The third-order valence-electron chi connectivity index (χ3n) is 1.27. The number of amides is 2. The molecule has 4 heteroatoms. The van der Waals surface area contributed by atoms with Crippen molar-refractivity contribution in [2.45, 2.75) is 26.3 Å². The zero-order chi connectivity index (χ0) is 9.90. The van der Waals surface area contributed by atoms with Crippen LogP contribution in [0.25, 0.3) is 0 Å². The molecule has 0 saturated heterocycles. The minimum atomic E-state index is -0.194. The number of carbonyl (C=O) groups excluding carboxylic acids is 1. The maximum absolute atomic E-state index is 11.3. The third-order valence-corrected chi connectivity index (χ3v) is 1.95. The molecule has 0 atom stereocenters. The first kappa shape index (κ1) is 10.1. The molecule has 0 unspecified atom stereocenters. The molecule has 0 saturated carbocycles. The Morgan fingerprint density at radius 2 is 2.15 bits per heavy atom. The summed E-state index contributed by atoms with van der Waals surface area (Å²) < 4.78 is 0. The average Bonchev–Trinajstić information content (AvgIpc) is 2.34. The Morgan fingerprint density at radius 3 is 2.62 bits per heavy atom. The summed E-state index contributed by atoms with van der Waals surface area (Å²) in [5.74, 6) is 0. The monoisotopic (exact) mass is 198 g/mol. The summed E-state index contributed by atoms with van der Waals surface area (Å²) in [5, 5.41) is 9.37. The zero-order valence-electron chi connectivity index (χ0n) is 8.05. The lowest BCUT2D eigenvalue weighted by Crippen LogP contribution is -2.43. The Hall–Kier alpha value is -1.03. The molecule has 3 nitrogen and oxygen atoms in total. The fourth-order valence-electron chi connectivity index (χ4n) is 0.839. The minimum Gasteiger partial charge on any atom is -0.333 e. The molecular weight excluding hydrogens is 184 g/mol. The van der Waals surface area contributed by atoms with Gasteiger partial charge in [0.2, 0.25) is 0 Å². The van der Waals surface area contributed by atoms with E-state index in [0.29, 0.717) is 0 Å². The van der Waals surface area contributed by atoms with Crippen LogP contribution in [-0.2, 0) is 0 Å². The molecule has 0 radical (unpaired) electrons. The van der Waals surface area contributed by atoms with Crippen molar-refractivity contribution < 1.29 is 4.79 Å². The highest BCUT2D eigenvalue weighted by molar-refractivity contribution is 7.08.